The van der Waals surface area contributed by atoms with Crippen LogP contribution < -0.4 is 0 Å². The van der Waals surface area contributed by atoms with Crippen molar-refractivity contribution in [1.29, 1.82) is 0 Å². The minimum Gasteiger partial charge on any atom is -0.438 e. The number of likely N-dealkylation sites (tertiary alicyclic amines) is 1. The first kappa shape index (κ1) is 16.2. The van der Waals surface area contributed by atoms with Crippen molar-refractivity contribution in [2.45, 2.75) is 25.3 Å². The molecule has 2 heterocycles. The lowest BCUT2D eigenvalue weighted by atomic mass is 10.1. The van der Waals surface area contributed by atoms with E-state index < -0.39 is 0 Å². The molecule has 0 N–H and O–H groups in total. The number of benzene rings is 2. The molecule has 0 saturated carbocycles. The second kappa shape index (κ2) is 6.89. The molecule has 0 aliphatic carbocycles. The lowest BCUT2D eigenvalue weighted by molar-refractivity contribution is -0.132. The molecule has 1 amide bonds. The maximum absolute atomic E-state index is 12.3. The molecule has 0 spiro atoms. The molecule has 5 heteroatoms. The van der Waals surface area contributed by atoms with Gasteiger partial charge in [0.25, 0.3) is 0 Å². The molecule has 1 atom stereocenters. The van der Waals surface area contributed by atoms with Crippen LogP contribution in [-0.2, 0) is 4.79 Å². The molecular formula is C20H19ClN2O2. The summed E-state index contributed by atoms with van der Waals surface area (Å²) in [5.41, 5.74) is 3.84. The zero-order valence-electron chi connectivity index (χ0n) is 13.8. The minimum absolute atomic E-state index is 0.0738. The zero-order valence-corrected chi connectivity index (χ0v) is 14.6. The summed E-state index contributed by atoms with van der Waals surface area (Å²) in [4.78, 5) is 18.8. The van der Waals surface area contributed by atoms with E-state index >= 15 is 0 Å². The van der Waals surface area contributed by atoms with Gasteiger partial charge in [0.2, 0.25) is 11.8 Å². The van der Waals surface area contributed by atoms with Crippen LogP contribution in [0.15, 0.2) is 52.9 Å². The standard InChI is InChI=1S/C20H19ClN2O2/c21-11-10-19(24)23-12-4-7-17(23)20-22-16-13-15(8-9-18(16)25-20)14-5-2-1-3-6-14/h1-3,5-6,8-9,13,17H,4,7,10-12H2/t17-/m0/s1. The number of carbonyl (C=O) groups excluding carboxylic acids is 1. The van der Waals surface area contributed by atoms with Crippen molar-refractivity contribution in [2.24, 2.45) is 0 Å². The molecule has 0 unspecified atom stereocenters. The van der Waals surface area contributed by atoms with Crippen LogP contribution in [-0.4, -0.2) is 28.2 Å². The normalized spacial score (nSPS) is 17.3. The van der Waals surface area contributed by atoms with E-state index in [9.17, 15) is 4.79 Å². The highest BCUT2D eigenvalue weighted by Gasteiger charge is 2.33. The van der Waals surface area contributed by atoms with Crippen LogP contribution in [0.1, 0.15) is 31.2 Å². The number of hydrogen-bond donors (Lipinski definition) is 0. The average molecular weight is 355 g/mol. The number of amides is 1. The fraction of sp³-hybridized carbons (Fsp3) is 0.300. The van der Waals surface area contributed by atoms with Crippen LogP contribution in [0, 0.1) is 0 Å². The first-order valence-electron chi connectivity index (χ1n) is 8.57. The number of halogens is 1. The van der Waals surface area contributed by atoms with Gasteiger partial charge in [-0.15, -0.1) is 11.6 Å². The summed E-state index contributed by atoms with van der Waals surface area (Å²) in [6, 6.07) is 16.1. The van der Waals surface area contributed by atoms with Gasteiger partial charge in [-0.3, -0.25) is 4.79 Å². The maximum atomic E-state index is 12.3. The first-order valence-corrected chi connectivity index (χ1v) is 9.11. The van der Waals surface area contributed by atoms with Gasteiger partial charge in [-0.1, -0.05) is 36.4 Å². The first-order chi connectivity index (χ1) is 12.3. The summed E-state index contributed by atoms with van der Waals surface area (Å²) in [6.45, 7) is 0.744. The SMILES string of the molecule is O=C(CCCl)N1CCC[C@H]1c1nc2cc(-c3ccccc3)ccc2o1. The third kappa shape index (κ3) is 3.14. The van der Waals surface area contributed by atoms with Crippen LogP contribution >= 0.6 is 11.6 Å². The van der Waals surface area contributed by atoms with Crippen LogP contribution in [0.5, 0.6) is 0 Å². The molecule has 1 saturated heterocycles. The van der Waals surface area contributed by atoms with Crippen molar-refractivity contribution >= 4 is 28.6 Å². The predicted octanol–water partition coefficient (Wildman–Crippen LogP) is 4.79. The highest BCUT2D eigenvalue weighted by atomic mass is 35.5. The molecule has 1 fully saturated rings. The van der Waals surface area contributed by atoms with Gasteiger partial charge in [-0.2, -0.15) is 0 Å². The molecule has 0 radical (unpaired) electrons. The van der Waals surface area contributed by atoms with E-state index in [0.29, 0.717) is 18.2 Å². The summed E-state index contributed by atoms with van der Waals surface area (Å²) >= 11 is 5.72. The number of hydrogen-bond acceptors (Lipinski definition) is 3. The van der Waals surface area contributed by atoms with E-state index in [2.05, 4.69) is 17.1 Å². The molecule has 128 valence electrons. The third-order valence-corrected chi connectivity index (χ3v) is 4.87. The van der Waals surface area contributed by atoms with E-state index in [4.69, 9.17) is 16.0 Å². The van der Waals surface area contributed by atoms with E-state index in [-0.39, 0.29) is 11.9 Å². The maximum Gasteiger partial charge on any atom is 0.224 e. The van der Waals surface area contributed by atoms with Crippen molar-refractivity contribution in [2.75, 3.05) is 12.4 Å². The largest absolute Gasteiger partial charge is 0.438 e. The molecule has 4 rings (SSSR count). The molecule has 3 aromatic rings. The lowest BCUT2D eigenvalue weighted by Gasteiger charge is -2.21. The van der Waals surface area contributed by atoms with E-state index in [1.165, 1.54) is 0 Å². The smallest absolute Gasteiger partial charge is 0.224 e. The molecule has 0 bridgehead atoms. The highest BCUT2D eigenvalue weighted by Crippen LogP contribution is 2.34. The zero-order chi connectivity index (χ0) is 17.2. The van der Waals surface area contributed by atoms with Gasteiger partial charge in [0, 0.05) is 18.8 Å². The van der Waals surface area contributed by atoms with E-state index in [0.717, 1.165) is 41.6 Å². The van der Waals surface area contributed by atoms with Crippen molar-refractivity contribution in [3.8, 4) is 11.1 Å². The summed E-state index contributed by atoms with van der Waals surface area (Å²) in [7, 11) is 0. The fourth-order valence-electron chi connectivity index (χ4n) is 3.44. The Morgan fingerprint density at radius 1 is 1.20 bits per heavy atom. The van der Waals surface area contributed by atoms with Crippen molar-refractivity contribution in [3.63, 3.8) is 0 Å². The van der Waals surface area contributed by atoms with Crippen LogP contribution in [0.4, 0.5) is 0 Å². The quantitative estimate of drug-likeness (QED) is 0.633. The molecule has 25 heavy (non-hydrogen) atoms. The van der Waals surface area contributed by atoms with Gasteiger partial charge in [-0.25, -0.2) is 4.98 Å². The number of carbonyl (C=O) groups is 1. The number of aromatic nitrogens is 1. The molecule has 1 aromatic heterocycles. The topological polar surface area (TPSA) is 46.3 Å². The minimum atomic E-state index is -0.0803. The molecule has 1 aliphatic heterocycles. The monoisotopic (exact) mass is 354 g/mol. The van der Waals surface area contributed by atoms with Crippen molar-refractivity contribution < 1.29 is 9.21 Å². The molecular weight excluding hydrogens is 336 g/mol. The Morgan fingerprint density at radius 2 is 2.04 bits per heavy atom. The average Bonchev–Trinajstić information content (AvgIpc) is 3.28. The molecule has 1 aliphatic rings. The third-order valence-electron chi connectivity index (χ3n) is 4.68. The molecule has 2 aromatic carbocycles. The van der Waals surface area contributed by atoms with Gasteiger partial charge in [-0.05, 0) is 36.1 Å². The number of alkyl halides is 1. The van der Waals surface area contributed by atoms with Gasteiger partial charge in [0.05, 0.1) is 0 Å². The summed E-state index contributed by atoms with van der Waals surface area (Å²) in [5.74, 6) is 1.04. The second-order valence-electron chi connectivity index (χ2n) is 6.28. The summed E-state index contributed by atoms with van der Waals surface area (Å²) < 4.78 is 5.96. The molecule has 4 nitrogen and oxygen atoms in total. The van der Waals surface area contributed by atoms with Gasteiger partial charge >= 0.3 is 0 Å². The van der Waals surface area contributed by atoms with Gasteiger partial charge in [0.1, 0.15) is 11.6 Å². The number of oxazole rings is 1. The Morgan fingerprint density at radius 3 is 2.84 bits per heavy atom. The predicted molar refractivity (Wildman–Crippen MR) is 98.5 cm³/mol. The van der Waals surface area contributed by atoms with Gasteiger partial charge in [0.15, 0.2) is 5.58 Å². The van der Waals surface area contributed by atoms with Crippen molar-refractivity contribution in [3.05, 3.63) is 54.4 Å². The Labute approximate surface area is 151 Å². The number of nitrogens with zero attached hydrogens (tertiary/aromatic N) is 2. The fourth-order valence-corrected chi connectivity index (χ4v) is 3.61. The van der Waals surface area contributed by atoms with Crippen LogP contribution in [0.3, 0.4) is 0 Å². The Balaban J connectivity index is 1.66. The number of fused-ring (bicyclic) bond motifs is 1. The van der Waals surface area contributed by atoms with Crippen LogP contribution in [0.25, 0.3) is 22.2 Å². The Bertz CT molecular complexity index is 891. The number of rotatable bonds is 4. The van der Waals surface area contributed by atoms with Crippen molar-refractivity contribution in [1.82, 2.24) is 9.88 Å². The highest BCUT2D eigenvalue weighted by molar-refractivity contribution is 6.18. The Hall–Kier alpha value is -2.33. The van der Waals surface area contributed by atoms with E-state index in [1.54, 1.807) is 0 Å². The Kier molecular flexibility index (Phi) is 4.45. The van der Waals surface area contributed by atoms with Gasteiger partial charge < -0.3 is 9.32 Å². The lowest BCUT2D eigenvalue weighted by Crippen LogP contribution is -2.30. The van der Waals surface area contributed by atoms with Crippen LogP contribution in [0.2, 0.25) is 0 Å². The second-order valence-corrected chi connectivity index (χ2v) is 6.66. The summed E-state index contributed by atoms with van der Waals surface area (Å²) in [5, 5.41) is 0. The van der Waals surface area contributed by atoms with E-state index in [1.807, 2.05) is 41.3 Å². The summed E-state index contributed by atoms with van der Waals surface area (Å²) in [6.07, 6.45) is 2.20.